The second-order valence-electron chi connectivity index (χ2n) is 5.77. The van der Waals surface area contributed by atoms with Gasteiger partial charge in [-0.25, -0.2) is 0 Å². The Labute approximate surface area is 124 Å². The van der Waals surface area contributed by atoms with Crippen LogP contribution in [0.3, 0.4) is 0 Å². The average Bonchev–Trinajstić information content (AvgIpc) is 2.96. The highest BCUT2D eigenvalue weighted by molar-refractivity contribution is 5.07. The largest absolute Gasteiger partial charge is 0.374 e. The van der Waals surface area contributed by atoms with Crippen LogP contribution in [-0.2, 0) is 17.8 Å². The van der Waals surface area contributed by atoms with Crippen molar-refractivity contribution in [2.75, 3.05) is 19.7 Å². The van der Waals surface area contributed by atoms with E-state index in [0.29, 0.717) is 0 Å². The molecule has 0 saturated carbocycles. The number of nitrogens with zero attached hydrogens (tertiary/aromatic N) is 4. The first-order chi connectivity index (χ1) is 10.1. The maximum Gasteiger partial charge on any atom is 0.133 e. The summed E-state index contributed by atoms with van der Waals surface area (Å²) < 4.78 is 13.0. The predicted octanol–water partition coefficient (Wildman–Crippen LogP) is 1.70. The first kappa shape index (κ1) is 14.3. The number of aromatic nitrogens is 3. The lowest BCUT2D eigenvalue weighted by molar-refractivity contribution is -0.0410. The van der Waals surface area contributed by atoms with Crippen LogP contribution in [0.5, 0.6) is 0 Å². The van der Waals surface area contributed by atoms with Crippen molar-refractivity contribution in [3.05, 3.63) is 35.0 Å². The zero-order valence-corrected chi connectivity index (χ0v) is 12.9. The summed E-state index contributed by atoms with van der Waals surface area (Å²) in [5.74, 6) is 0.859. The molecule has 0 bridgehead atoms. The molecule has 6 nitrogen and oxygen atoms in total. The van der Waals surface area contributed by atoms with Crippen molar-refractivity contribution >= 4 is 0 Å². The summed E-state index contributed by atoms with van der Waals surface area (Å²) in [6.45, 7) is 10.2. The molecule has 3 heterocycles. The van der Waals surface area contributed by atoms with E-state index in [-0.39, 0.29) is 6.10 Å². The van der Waals surface area contributed by atoms with Crippen LogP contribution in [-0.4, -0.2) is 45.6 Å². The fraction of sp³-hybridized carbons (Fsp3) is 0.600. The lowest BCUT2D eigenvalue weighted by Crippen LogP contribution is -2.44. The summed E-state index contributed by atoms with van der Waals surface area (Å²) in [5, 5.41) is 8.57. The van der Waals surface area contributed by atoms with E-state index in [4.69, 9.17) is 9.26 Å². The van der Waals surface area contributed by atoms with Crippen LogP contribution in [0.4, 0.5) is 0 Å². The zero-order chi connectivity index (χ0) is 14.8. The Morgan fingerprint density at radius 1 is 1.29 bits per heavy atom. The Balaban J connectivity index is 1.59. The molecule has 0 aliphatic carbocycles. The molecule has 0 N–H and O–H groups in total. The fourth-order valence-electron chi connectivity index (χ4n) is 2.81. The highest BCUT2D eigenvalue weighted by atomic mass is 16.5. The van der Waals surface area contributed by atoms with Crippen molar-refractivity contribution in [1.29, 1.82) is 0 Å². The third-order valence-corrected chi connectivity index (χ3v) is 3.77. The molecule has 21 heavy (non-hydrogen) atoms. The Hall–Kier alpha value is -1.66. The van der Waals surface area contributed by atoms with Crippen LogP contribution in [0.15, 0.2) is 16.7 Å². The van der Waals surface area contributed by atoms with Crippen molar-refractivity contribution < 1.29 is 9.26 Å². The summed E-state index contributed by atoms with van der Waals surface area (Å²) >= 11 is 0. The number of hydrogen-bond acceptors (Lipinski definition) is 5. The Morgan fingerprint density at radius 2 is 2.14 bits per heavy atom. The van der Waals surface area contributed by atoms with Gasteiger partial charge in [0.05, 0.1) is 30.6 Å². The van der Waals surface area contributed by atoms with Gasteiger partial charge in [0.25, 0.3) is 0 Å². The molecule has 3 rings (SSSR count). The van der Waals surface area contributed by atoms with Gasteiger partial charge in [0, 0.05) is 31.4 Å². The van der Waals surface area contributed by atoms with Gasteiger partial charge in [0.1, 0.15) is 5.76 Å². The minimum Gasteiger partial charge on any atom is -0.374 e. The van der Waals surface area contributed by atoms with Crippen molar-refractivity contribution in [1.82, 2.24) is 19.8 Å². The second kappa shape index (κ2) is 5.99. The highest BCUT2D eigenvalue weighted by Crippen LogP contribution is 2.13. The van der Waals surface area contributed by atoms with Crippen molar-refractivity contribution in [3.63, 3.8) is 0 Å². The molecule has 6 heteroatoms. The summed E-state index contributed by atoms with van der Waals surface area (Å²) in [6.07, 6.45) is 0.171. The van der Waals surface area contributed by atoms with E-state index in [1.807, 2.05) is 24.6 Å². The summed E-state index contributed by atoms with van der Waals surface area (Å²) in [6, 6.07) is 4.09. The monoisotopic (exact) mass is 290 g/mol. The molecular weight excluding hydrogens is 268 g/mol. The minimum atomic E-state index is 0.171. The van der Waals surface area contributed by atoms with Crippen LogP contribution < -0.4 is 0 Å². The normalized spacial score (nSPS) is 20.0. The molecule has 1 unspecified atom stereocenters. The maximum absolute atomic E-state index is 5.87. The number of morpholine rings is 1. The molecule has 2 aromatic rings. The van der Waals surface area contributed by atoms with Gasteiger partial charge in [-0.1, -0.05) is 5.16 Å². The van der Waals surface area contributed by atoms with Crippen LogP contribution in [0.2, 0.25) is 0 Å². The van der Waals surface area contributed by atoms with Gasteiger partial charge in [-0.15, -0.1) is 0 Å². The van der Waals surface area contributed by atoms with E-state index in [2.05, 4.69) is 28.1 Å². The molecule has 1 atom stereocenters. The topological polar surface area (TPSA) is 56.3 Å². The minimum absolute atomic E-state index is 0.171. The van der Waals surface area contributed by atoms with Crippen LogP contribution in [0, 0.1) is 20.8 Å². The Bertz CT molecular complexity index is 605. The van der Waals surface area contributed by atoms with Crippen LogP contribution in [0.25, 0.3) is 0 Å². The second-order valence-corrected chi connectivity index (χ2v) is 5.77. The first-order valence-corrected chi connectivity index (χ1v) is 7.37. The number of aryl methyl sites for hydroxylation is 3. The summed E-state index contributed by atoms with van der Waals surface area (Å²) in [5.41, 5.74) is 3.22. The molecule has 2 aromatic heterocycles. The lowest BCUT2D eigenvalue weighted by atomic mass is 10.2. The van der Waals surface area contributed by atoms with E-state index in [0.717, 1.165) is 49.9 Å². The van der Waals surface area contributed by atoms with Gasteiger partial charge in [-0.3, -0.25) is 9.58 Å². The standard InChI is InChI=1S/C15H22N4O2/c1-11-6-12(2)19(16-11)10-15-9-18(4-5-20-15)8-14-7-13(3)21-17-14/h6-7,15H,4-5,8-10H2,1-3H3. The smallest absolute Gasteiger partial charge is 0.133 e. The number of ether oxygens (including phenoxy) is 1. The summed E-state index contributed by atoms with van der Waals surface area (Å²) in [4.78, 5) is 2.36. The molecule has 1 fully saturated rings. The predicted molar refractivity (Wildman–Crippen MR) is 78.0 cm³/mol. The maximum atomic E-state index is 5.87. The van der Waals surface area contributed by atoms with Gasteiger partial charge in [-0.2, -0.15) is 5.10 Å². The molecule has 0 amide bonds. The molecule has 1 aliphatic rings. The number of hydrogen-bond donors (Lipinski definition) is 0. The van der Waals surface area contributed by atoms with E-state index >= 15 is 0 Å². The lowest BCUT2D eigenvalue weighted by Gasteiger charge is -2.32. The quantitative estimate of drug-likeness (QED) is 0.858. The SMILES string of the molecule is Cc1cc(C)n(CC2CN(Cc3cc(C)on3)CCO2)n1. The molecule has 0 aromatic carbocycles. The van der Waals surface area contributed by atoms with Gasteiger partial charge < -0.3 is 9.26 Å². The molecule has 114 valence electrons. The van der Waals surface area contributed by atoms with E-state index in [9.17, 15) is 0 Å². The van der Waals surface area contributed by atoms with Gasteiger partial charge >= 0.3 is 0 Å². The fourth-order valence-corrected chi connectivity index (χ4v) is 2.81. The van der Waals surface area contributed by atoms with Crippen LogP contribution in [0.1, 0.15) is 22.8 Å². The molecule has 0 radical (unpaired) electrons. The number of rotatable bonds is 4. The summed E-state index contributed by atoms with van der Waals surface area (Å²) in [7, 11) is 0. The first-order valence-electron chi connectivity index (χ1n) is 7.37. The Kier molecular flexibility index (Phi) is 4.07. The zero-order valence-electron chi connectivity index (χ0n) is 12.9. The molecule has 1 aliphatic heterocycles. The highest BCUT2D eigenvalue weighted by Gasteiger charge is 2.22. The molecular formula is C15H22N4O2. The van der Waals surface area contributed by atoms with Crippen molar-refractivity contribution in [2.45, 2.75) is 40.0 Å². The van der Waals surface area contributed by atoms with Crippen molar-refractivity contribution in [2.24, 2.45) is 0 Å². The van der Waals surface area contributed by atoms with Crippen molar-refractivity contribution in [3.8, 4) is 0 Å². The van der Waals surface area contributed by atoms with E-state index < -0.39 is 0 Å². The third kappa shape index (κ3) is 3.51. The molecule has 0 spiro atoms. The average molecular weight is 290 g/mol. The van der Waals surface area contributed by atoms with Crippen LogP contribution >= 0.6 is 0 Å². The van der Waals surface area contributed by atoms with Gasteiger partial charge in [0.2, 0.25) is 0 Å². The third-order valence-electron chi connectivity index (χ3n) is 3.77. The Morgan fingerprint density at radius 3 is 2.81 bits per heavy atom. The molecule has 1 saturated heterocycles. The van der Waals surface area contributed by atoms with E-state index in [1.165, 1.54) is 5.69 Å². The van der Waals surface area contributed by atoms with E-state index in [1.54, 1.807) is 0 Å². The van der Waals surface area contributed by atoms with Gasteiger partial charge in [-0.05, 0) is 26.8 Å². The van der Waals surface area contributed by atoms with Gasteiger partial charge in [0.15, 0.2) is 0 Å².